The van der Waals surface area contributed by atoms with Gasteiger partial charge in [0, 0.05) is 28.8 Å². The van der Waals surface area contributed by atoms with Crippen LogP contribution in [0.25, 0.3) is 11.3 Å². The van der Waals surface area contributed by atoms with Crippen LogP contribution < -0.4 is 5.73 Å². The fourth-order valence-electron chi connectivity index (χ4n) is 3.31. The lowest BCUT2D eigenvalue weighted by atomic mass is 9.92. The maximum absolute atomic E-state index is 12.7. The van der Waals surface area contributed by atoms with Crippen molar-refractivity contribution in [2.45, 2.75) is 20.3 Å². The number of hydrogen-bond donors (Lipinski definition) is 1. The maximum atomic E-state index is 12.7. The molecule has 0 radical (unpaired) electrons. The van der Waals surface area contributed by atoms with E-state index in [1.807, 2.05) is 29.2 Å². The van der Waals surface area contributed by atoms with Crippen LogP contribution in [0, 0.1) is 11.8 Å². The summed E-state index contributed by atoms with van der Waals surface area (Å²) in [5, 5.41) is 0. The zero-order valence-corrected chi connectivity index (χ0v) is 15.0. The number of halogens is 1. The van der Waals surface area contributed by atoms with Crippen molar-refractivity contribution in [2.75, 3.05) is 18.8 Å². The second-order valence-electron chi connectivity index (χ2n) is 6.56. The van der Waals surface area contributed by atoms with E-state index in [1.165, 1.54) is 6.42 Å². The fraction of sp³-hybridized carbons (Fsp3) is 0.389. The van der Waals surface area contributed by atoms with Crippen LogP contribution in [0.2, 0.25) is 0 Å². The molecule has 4 nitrogen and oxygen atoms in total. The van der Waals surface area contributed by atoms with Crippen molar-refractivity contribution in [1.29, 1.82) is 0 Å². The molecule has 23 heavy (non-hydrogen) atoms. The summed E-state index contributed by atoms with van der Waals surface area (Å²) in [4.78, 5) is 14.6. The number of piperidine rings is 1. The standard InChI is InChI=1S/C18H21BrN2O2/c1-11-7-12(2)10-21(9-11)18(22)17-6-5-16(23-17)14-4-3-13(20)8-15(14)19/h3-6,8,11-12H,7,9-10,20H2,1-2H3. The average Bonchev–Trinajstić information content (AvgIpc) is 2.95. The molecule has 2 aromatic rings. The molecule has 1 aromatic carbocycles. The highest BCUT2D eigenvalue weighted by Gasteiger charge is 2.27. The smallest absolute Gasteiger partial charge is 0.289 e. The number of benzene rings is 1. The minimum atomic E-state index is -0.0267. The normalized spacial score (nSPS) is 21.4. The minimum Gasteiger partial charge on any atom is -0.451 e. The summed E-state index contributed by atoms with van der Waals surface area (Å²) in [6.07, 6.45) is 1.17. The van der Waals surface area contributed by atoms with E-state index in [0.29, 0.717) is 29.0 Å². The molecule has 1 amide bonds. The summed E-state index contributed by atoms with van der Waals surface area (Å²) in [5.41, 5.74) is 7.33. The lowest BCUT2D eigenvalue weighted by molar-refractivity contribution is 0.0592. The van der Waals surface area contributed by atoms with Gasteiger partial charge in [0.15, 0.2) is 5.76 Å². The van der Waals surface area contributed by atoms with Crippen LogP contribution in [0.4, 0.5) is 5.69 Å². The molecule has 0 spiro atoms. The van der Waals surface area contributed by atoms with Gasteiger partial charge in [0.1, 0.15) is 5.76 Å². The summed E-state index contributed by atoms with van der Waals surface area (Å²) in [6, 6.07) is 9.12. The van der Waals surface area contributed by atoms with Gasteiger partial charge in [-0.05, 0) is 64.5 Å². The molecule has 2 unspecified atom stereocenters. The Morgan fingerprint density at radius 1 is 1.22 bits per heavy atom. The highest BCUT2D eigenvalue weighted by atomic mass is 79.9. The van der Waals surface area contributed by atoms with E-state index in [4.69, 9.17) is 10.2 Å². The molecule has 2 atom stereocenters. The molecular weight excluding hydrogens is 356 g/mol. The molecule has 0 aliphatic carbocycles. The Kier molecular flexibility index (Phi) is 4.48. The van der Waals surface area contributed by atoms with Crippen molar-refractivity contribution in [1.82, 2.24) is 4.90 Å². The zero-order valence-electron chi connectivity index (χ0n) is 13.4. The summed E-state index contributed by atoms with van der Waals surface area (Å²) in [6.45, 7) is 5.97. The van der Waals surface area contributed by atoms with Crippen molar-refractivity contribution < 1.29 is 9.21 Å². The minimum absolute atomic E-state index is 0.0267. The van der Waals surface area contributed by atoms with E-state index < -0.39 is 0 Å². The van der Waals surface area contributed by atoms with E-state index in [0.717, 1.165) is 23.1 Å². The van der Waals surface area contributed by atoms with Gasteiger partial charge in [-0.25, -0.2) is 0 Å². The molecule has 2 N–H and O–H groups in total. The van der Waals surface area contributed by atoms with Crippen LogP contribution in [-0.4, -0.2) is 23.9 Å². The molecule has 5 heteroatoms. The van der Waals surface area contributed by atoms with Crippen LogP contribution in [0.5, 0.6) is 0 Å². The van der Waals surface area contributed by atoms with Gasteiger partial charge in [-0.15, -0.1) is 0 Å². The second-order valence-corrected chi connectivity index (χ2v) is 7.41. The van der Waals surface area contributed by atoms with Crippen LogP contribution in [0.1, 0.15) is 30.8 Å². The second kappa shape index (κ2) is 6.40. The number of carbonyl (C=O) groups is 1. The highest BCUT2D eigenvalue weighted by Crippen LogP contribution is 2.32. The van der Waals surface area contributed by atoms with Gasteiger partial charge in [-0.2, -0.15) is 0 Å². The zero-order chi connectivity index (χ0) is 16.6. The van der Waals surface area contributed by atoms with E-state index in [2.05, 4.69) is 29.8 Å². The molecule has 1 aromatic heterocycles. The number of likely N-dealkylation sites (tertiary alicyclic amines) is 1. The van der Waals surface area contributed by atoms with Gasteiger partial charge in [-0.3, -0.25) is 4.79 Å². The first kappa shape index (κ1) is 16.1. The molecule has 1 fully saturated rings. The Hall–Kier alpha value is -1.75. The predicted octanol–water partition coefficient (Wildman–Crippen LogP) is 4.41. The maximum Gasteiger partial charge on any atom is 0.289 e. The first-order chi connectivity index (χ1) is 10.9. The summed E-state index contributed by atoms with van der Waals surface area (Å²) in [7, 11) is 0. The number of nitrogens with zero attached hydrogens (tertiary/aromatic N) is 1. The first-order valence-electron chi connectivity index (χ1n) is 7.88. The summed E-state index contributed by atoms with van der Waals surface area (Å²) < 4.78 is 6.67. The molecule has 122 valence electrons. The van der Waals surface area contributed by atoms with E-state index in [9.17, 15) is 4.79 Å². The van der Waals surface area contributed by atoms with Crippen LogP contribution in [-0.2, 0) is 0 Å². The molecule has 0 bridgehead atoms. The predicted molar refractivity (Wildman–Crippen MR) is 95.1 cm³/mol. The van der Waals surface area contributed by atoms with Gasteiger partial charge < -0.3 is 15.1 Å². The third-order valence-electron chi connectivity index (χ3n) is 4.23. The van der Waals surface area contributed by atoms with E-state index in [1.54, 1.807) is 6.07 Å². The molecule has 2 heterocycles. The van der Waals surface area contributed by atoms with Crippen molar-refractivity contribution in [3.8, 4) is 11.3 Å². The number of furan rings is 1. The first-order valence-corrected chi connectivity index (χ1v) is 8.68. The number of anilines is 1. The Morgan fingerprint density at radius 3 is 2.57 bits per heavy atom. The topological polar surface area (TPSA) is 59.5 Å². The number of amides is 1. The molecule has 1 aliphatic rings. The molecule has 0 saturated carbocycles. The summed E-state index contributed by atoms with van der Waals surface area (Å²) in [5.74, 6) is 2.09. The Morgan fingerprint density at radius 2 is 1.91 bits per heavy atom. The van der Waals surface area contributed by atoms with Crippen LogP contribution in [0.15, 0.2) is 39.2 Å². The average molecular weight is 377 g/mol. The largest absolute Gasteiger partial charge is 0.451 e. The van der Waals surface area contributed by atoms with Crippen molar-refractivity contribution >= 4 is 27.5 Å². The Labute approximate surface area is 144 Å². The quantitative estimate of drug-likeness (QED) is 0.789. The van der Waals surface area contributed by atoms with E-state index in [-0.39, 0.29) is 5.91 Å². The Balaban J connectivity index is 1.82. The molecule has 1 saturated heterocycles. The number of nitrogens with two attached hydrogens (primary N) is 1. The Bertz CT molecular complexity index is 716. The lowest BCUT2D eigenvalue weighted by Crippen LogP contribution is -2.42. The highest BCUT2D eigenvalue weighted by molar-refractivity contribution is 9.10. The SMILES string of the molecule is CC1CC(C)CN(C(=O)c2ccc(-c3ccc(N)cc3Br)o2)C1. The van der Waals surface area contributed by atoms with Crippen molar-refractivity contribution in [3.05, 3.63) is 40.6 Å². The third-order valence-corrected chi connectivity index (χ3v) is 4.89. The molecular formula is C18H21BrN2O2. The summed E-state index contributed by atoms with van der Waals surface area (Å²) >= 11 is 3.49. The number of hydrogen-bond acceptors (Lipinski definition) is 3. The van der Waals surface area contributed by atoms with Gasteiger partial charge in [0.25, 0.3) is 5.91 Å². The monoisotopic (exact) mass is 376 g/mol. The van der Waals surface area contributed by atoms with Gasteiger partial charge in [0.05, 0.1) is 0 Å². The van der Waals surface area contributed by atoms with Crippen LogP contribution >= 0.6 is 15.9 Å². The van der Waals surface area contributed by atoms with Gasteiger partial charge in [0.2, 0.25) is 0 Å². The van der Waals surface area contributed by atoms with Gasteiger partial charge >= 0.3 is 0 Å². The fourth-order valence-corrected chi connectivity index (χ4v) is 3.91. The van der Waals surface area contributed by atoms with Crippen molar-refractivity contribution in [3.63, 3.8) is 0 Å². The van der Waals surface area contributed by atoms with Gasteiger partial charge in [-0.1, -0.05) is 13.8 Å². The number of rotatable bonds is 2. The van der Waals surface area contributed by atoms with Crippen LogP contribution in [0.3, 0.4) is 0 Å². The number of nitrogen functional groups attached to an aromatic ring is 1. The number of carbonyl (C=O) groups excluding carboxylic acids is 1. The van der Waals surface area contributed by atoms with Crippen molar-refractivity contribution in [2.24, 2.45) is 11.8 Å². The molecule has 1 aliphatic heterocycles. The third kappa shape index (κ3) is 3.44. The molecule has 3 rings (SSSR count). The lowest BCUT2D eigenvalue weighted by Gasteiger charge is -2.34. The van der Waals surface area contributed by atoms with E-state index >= 15 is 0 Å².